The maximum absolute atomic E-state index is 4.24. The smallest absolute Gasteiger partial charge is 0.0373 e. The largest absolute Gasteiger partial charge is 0.316 e. The van der Waals surface area contributed by atoms with Crippen LogP contribution < -0.4 is 5.32 Å². The molecule has 0 aromatic carbocycles. The molecule has 0 spiro atoms. The molecule has 2 heteroatoms. The van der Waals surface area contributed by atoms with Gasteiger partial charge in [-0.3, -0.25) is 4.98 Å². The molecule has 2 nitrogen and oxygen atoms in total. The Balaban J connectivity index is 2.23. The first-order chi connectivity index (χ1) is 7.33. The first kappa shape index (κ1) is 11.9. The standard InChI is InChI=1S/C13H20N2/c1-3-9-14-10-5-4-6-13-8-7-12(2)15-11-13/h4,6-8,11,14H,3,5,9-10H2,1-2H3. The number of pyridine rings is 1. The van der Waals surface area contributed by atoms with Gasteiger partial charge in [-0.15, -0.1) is 0 Å². The maximum atomic E-state index is 4.24. The highest BCUT2D eigenvalue weighted by Crippen LogP contribution is 2.01. The molecule has 1 N–H and O–H groups in total. The van der Waals surface area contributed by atoms with E-state index in [0.717, 1.165) is 25.2 Å². The topological polar surface area (TPSA) is 24.9 Å². The number of aryl methyl sites for hydroxylation is 1. The zero-order valence-electron chi connectivity index (χ0n) is 9.66. The van der Waals surface area contributed by atoms with E-state index in [0.29, 0.717) is 0 Å². The van der Waals surface area contributed by atoms with Gasteiger partial charge < -0.3 is 5.32 Å². The summed E-state index contributed by atoms with van der Waals surface area (Å²) in [5.41, 5.74) is 2.24. The highest BCUT2D eigenvalue weighted by atomic mass is 14.8. The zero-order valence-corrected chi connectivity index (χ0v) is 9.66. The Morgan fingerprint density at radius 2 is 2.20 bits per heavy atom. The lowest BCUT2D eigenvalue weighted by molar-refractivity contribution is 0.679. The van der Waals surface area contributed by atoms with E-state index in [9.17, 15) is 0 Å². The second-order valence-corrected chi connectivity index (χ2v) is 3.67. The molecule has 82 valence electrons. The van der Waals surface area contributed by atoms with Crippen molar-refractivity contribution in [3.05, 3.63) is 35.7 Å². The van der Waals surface area contributed by atoms with Crippen molar-refractivity contribution in [2.45, 2.75) is 26.7 Å². The SMILES string of the molecule is CCCNCCC=Cc1ccc(C)nc1. The highest BCUT2D eigenvalue weighted by Gasteiger charge is 1.87. The van der Waals surface area contributed by atoms with Gasteiger partial charge in [0.05, 0.1) is 0 Å². The quantitative estimate of drug-likeness (QED) is 0.721. The summed E-state index contributed by atoms with van der Waals surface area (Å²) >= 11 is 0. The normalized spacial score (nSPS) is 11.1. The molecule has 0 fully saturated rings. The molecule has 1 aromatic heterocycles. The van der Waals surface area contributed by atoms with Gasteiger partial charge in [-0.25, -0.2) is 0 Å². The van der Waals surface area contributed by atoms with Crippen molar-refractivity contribution in [2.24, 2.45) is 0 Å². The number of nitrogens with one attached hydrogen (secondary N) is 1. The van der Waals surface area contributed by atoms with E-state index in [4.69, 9.17) is 0 Å². The van der Waals surface area contributed by atoms with Gasteiger partial charge in [0.15, 0.2) is 0 Å². The average Bonchev–Trinajstić information content (AvgIpc) is 2.26. The van der Waals surface area contributed by atoms with Crippen LogP contribution in [0.1, 0.15) is 31.0 Å². The summed E-state index contributed by atoms with van der Waals surface area (Å²) < 4.78 is 0. The van der Waals surface area contributed by atoms with E-state index >= 15 is 0 Å². The molecule has 0 aliphatic carbocycles. The van der Waals surface area contributed by atoms with Gasteiger partial charge in [-0.2, -0.15) is 0 Å². The molecule has 1 heterocycles. The number of nitrogens with zero attached hydrogens (tertiary/aromatic N) is 1. The van der Waals surface area contributed by atoms with Crippen LogP contribution in [-0.4, -0.2) is 18.1 Å². The number of aromatic nitrogens is 1. The van der Waals surface area contributed by atoms with Crippen LogP contribution in [0.25, 0.3) is 6.08 Å². The predicted octanol–water partition coefficient (Wildman–Crippen LogP) is 2.79. The summed E-state index contributed by atoms with van der Waals surface area (Å²) in [5.74, 6) is 0. The third kappa shape index (κ3) is 5.33. The molecule has 0 aliphatic heterocycles. The van der Waals surface area contributed by atoms with E-state index in [1.165, 1.54) is 12.0 Å². The molecule has 15 heavy (non-hydrogen) atoms. The van der Waals surface area contributed by atoms with Gasteiger partial charge in [-0.05, 0) is 44.5 Å². The van der Waals surface area contributed by atoms with Gasteiger partial charge in [0.25, 0.3) is 0 Å². The molecule has 0 aliphatic rings. The number of rotatable bonds is 6. The van der Waals surface area contributed by atoms with Crippen molar-refractivity contribution in [3.8, 4) is 0 Å². The van der Waals surface area contributed by atoms with Crippen LogP contribution in [0.3, 0.4) is 0 Å². The van der Waals surface area contributed by atoms with Gasteiger partial charge in [0.1, 0.15) is 0 Å². The first-order valence-electron chi connectivity index (χ1n) is 5.63. The summed E-state index contributed by atoms with van der Waals surface area (Å²) in [6.07, 6.45) is 8.50. The van der Waals surface area contributed by atoms with Gasteiger partial charge in [-0.1, -0.05) is 25.1 Å². The Morgan fingerprint density at radius 3 is 2.87 bits per heavy atom. The second kappa shape index (κ2) is 7.18. The predicted molar refractivity (Wildman–Crippen MR) is 65.8 cm³/mol. The molecule has 0 saturated carbocycles. The lowest BCUT2D eigenvalue weighted by atomic mass is 10.2. The van der Waals surface area contributed by atoms with Gasteiger partial charge in [0, 0.05) is 11.9 Å². The molecule has 0 radical (unpaired) electrons. The fourth-order valence-corrected chi connectivity index (χ4v) is 1.28. The fourth-order valence-electron chi connectivity index (χ4n) is 1.28. The van der Waals surface area contributed by atoms with E-state index < -0.39 is 0 Å². The summed E-state index contributed by atoms with van der Waals surface area (Å²) in [4.78, 5) is 4.24. The van der Waals surface area contributed by atoms with Crippen LogP contribution in [0.2, 0.25) is 0 Å². The lowest BCUT2D eigenvalue weighted by Crippen LogP contribution is -2.14. The van der Waals surface area contributed by atoms with E-state index in [-0.39, 0.29) is 0 Å². The van der Waals surface area contributed by atoms with Crippen molar-refractivity contribution in [1.29, 1.82) is 0 Å². The minimum atomic E-state index is 1.06. The number of hydrogen-bond acceptors (Lipinski definition) is 2. The Hall–Kier alpha value is -1.15. The van der Waals surface area contributed by atoms with Gasteiger partial charge >= 0.3 is 0 Å². The van der Waals surface area contributed by atoms with E-state index in [1.807, 2.05) is 19.2 Å². The fraction of sp³-hybridized carbons (Fsp3) is 0.462. The monoisotopic (exact) mass is 204 g/mol. The molecular weight excluding hydrogens is 184 g/mol. The molecular formula is C13H20N2. The summed E-state index contributed by atoms with van der Waals surface area (Å²) in [7, 11) is 0. The average molecular weight is 204 g/mol. The molecule has 0 atom stereocenters. The Kier molecular flexibility index (Phi) is 5.71. The lowest BCUT2D eigenvalue weighted by Gasteiger charge is -1.98. The molecule has 1 aromatic rings. The van der Waals surface area contributed by atoms with Crippen molar-refractivity contribution in [3.63, 3.8) is 0 Å². The molecule has 0 unspecified atom stereocenters. The van der Waals surface area contributed by atoms with Crippen LogP contribution in [-0.2, 0) is 0 Å². The Labute approximate surface area is 92.4 Å². The van der Waals surface area contributed by atoms with Crippen LogP contribution >= 0.6 is 0 Å². The molecule has 0 amide bonds. The molecule has 0 saturated heterocycles. The van der Waals surface area contributed by atoms with Crippen molar-refractivity contribution < 1.29 is 0 Å². The van der Waals surface area contributed by atoms with E-state index in [2.05, 4.69) is 35.4 Å². The van der Waals surface area contributed by atoms with Crippen molar-refractivity contribution >= 4 is 6.08 Å². The van der Waals surface area contributed by atoms with Crippen molar-refractivity contribution in [2.75, 3.05) is 13.1 Å². The Morgan fingerprint density at radius 1 is 1.33 bits per heavy atom. The molecule has 1 rings (SSSR count). The minimum Gasteiger partial charge on any atom is -0.316 e. The summed E-state index contributed by atoms with van der Waals surface area (Å²) in [6, 6.07) is 4.13. The van der Waals surface area contributed by atoms with Gasteiger partial charge in [0.2, 0.25) is 0 Å². The maximum Gasteiger partial charge on any atom is 0.0373 e. The second-order valence-electron chi connectivity index (χ2n) is 3.67. The summed E-state index contributed by atoms with van der Waals surface area (Å²) in [6.45, 7) is 6.35. The third-order valence-electron chi connectivity index (χ3n) is 2.16. The minimum absolute atomic E-state index is 1.06. The highest BCUT2D eigenvalue weighted by molar-refractivity contribution is 5.47. The summed E-state index contributed by atoms with van der Waals surface area (Å²) in [5, 5.41) is 3.36. The number of hydrogen-bond donors (Lipinski definition) is 1. The van der Waals surface area contributed by atoms with Crippen LogP contribution in [0, 0.1) is 6.92 Å². The van der Waals surface area contributed by atoms with Crippen LogP contribution in [0.4, 0.5) is 0 Å². The zero-order chi connectivity index (χ0) is 10.9. The van der Waals surface area contributed by atoms with Crippen LogP contribution in [0.5, 0.6) is 0 Å². The van der Waals surface area contributed by atoms with E-state index in [1.54, 1.807) is 0 Å². The Bertz CT molecular complexity index is 288. The van der Waals surface area contributed by atoms with Crippen molar-refractivity contribution in [1.82, 2.24) is 10.3 Å². The molecule has 0 bridgehead atoms. The van der Waals surface area contributed by atoms with Crippen LogP contribution in [0.15, 0.2) is 24.4 Å². The third-order valence-corrected chi connectivity index (χ3v) is 2.16. The first-order valence-corrected chi connectivity index (χ1v) is 5.63.